The summed E-state index contributed by atoms with van der Waals surface area (Å²) in [4.78, 5) is 12.7. The molecule has 0 aliphatic carbocycles. The van der Waals surface area contributed by atoms with Crippen LogP contribution < -0.4 is 10.6 Å². The molecule has 3 heteroatoms. The lowest BCUT2D eigenvalue weighted by molar-refractivity contribution is -0.126. The van der Waals surface area contributed by atoms with Crippen molar-refractivity contribution in [1.82, 2.24) is 5.32 Å². The normalized spacial score (nSPS) is 22.5. The molecular weight excluding hydrogens is 248 g/mol. The van der Waals surface area contributed by atoms with E-state index in [9.17, 15) is 4.79 Å². The molecule has 110 valence electrons. The summed E-state index contributed by atoms with van der Waals surface area (Å²) in [6.07, 6.45) is 0.917. The summed E-state index contributed by atoms with van der Waals surface area (Å²) in [5.74, 6) is 0.961. The number of amides is 1. The molecule has 1 fully saturated rings. The molecule has 0 aromatic heterocycles. The second-order valence-electron chi connectivity index (χ2n) is 6.47. The molecule has 3 nitrogen and oxygen atoms in total. The number of benzene rings is 1. The standard InChI is InChI=1S/C17H26N2O/c1-12(2)14-6-5-7-15(10-14)19-16(20)17(13(3)4)8-9-18-11-17/h5-7,10,12-13,18H,8-9,11H2,1-4H3,(H,19,20). The number of carbonyl (C=O) groups is 1. The van der Waals surface area contributed by atoms with Crippen LogP contribution in [0.1, 0.15) is 45.6 Å². The first-order valence-corrected chi connectivity index (χ1v) is 7.58. The first-order valence-electron chi connectivity index (χ1n) is 7.58. The molecule has 1 unspecified atom stereocenters. The van der Waals surface area contributed by atoms with Crippen LogP contribution in [-0.2, 0) is 4.79 Å². The van der Waals surface area contributed by atoms with E-state index in [1.54, 1.807) is 0 Å². The van der Waals surface area contributed by atoms with Crippen molar-refractivity contribution in [2.75, 3.05) is 18.4 Å². The van der Waals surface area contributed by atoms with Crippen LogP contribution in [0, 0.1) is 11.3 Å². The maximum atomic E-state index is 12.7. The van der Waals surface area contributed by atoms with Gasteiger partial charge in [-0.05, 0) is 42.5 Å². The minimum atomic E-state index is -0.270. The van der Waals surface area contributed by atoms with Crippen molar-refractivity contribution in [2.24, 2.45) is 11.3 Å². The average molecular weight is 274 g/mol. The second kappa shape index (κ2) is 5.96. The monoisotopic (exact) mass is 274 g/mol. The van der Waals surface area contributed by atoms with Crippen LogP contribution in [0.4, 0.5) is 5.69 Å². The van der Waals surface area contributed by atoms with E-state index in [2.05, 4.69) is 50.5 Å². The Kier molecular flexibility index (Phi) is 4.48. The smallest absolute Gasteiger partial charge is 0.232 e. The van der Waals surface area contributed by atoms with Gasteiger partial charge in [0, 0.05) is 12.2 Å². The molecular formula is C17H26N2O. The quantitative estimate of drug-likeness (QED) is 0.883. The van der Waals surface area contributed by atoms with E-state index in [-0.39, 0.29) is 11.3 Å². The van der Waals surface area contributed by atoms with Gasteiger partial charge in [-0.3, -0.25) is 4.79 Å². The Balaban J connectivity index is 2.16. The van der Waals surface area contributed by atoms with Crippen molar-refractivity contribution in [1.29, 1.82) is 0 Å². The fourth-order valence-corrected chi connectivity index (χ4v) is 2.89. The van der Waals surface area contributed by atoms with Gasteiger partial charge in [0.2, 0.25) is 5.91 Å². The van der Waals surface area contributed by atoms with Gasteiger partial charge in [0.25, 0.3) is 0 Å². The molecule has 20 heavy (non-hydrogen) atoms. The number of carbonyl (C=O) groups excluding carboxylic acids is 1. The van der Waals surface area contributed by atoms with E-state index in [1.165, 1.54) is 5.56 Å². The topological polar surface area (TPSA) is 41.1 Å². The van der Waals surface area contributed by atoms with Crippen molar-refractivity contribution in [3.05, 3.63) is 29.8 Å². The Morgan fingerprint density at radius 3 is 2.60 bits per heavy atom. The van der Waals surface area contributed by atoms with Crippen molar-refractivity contribution in [3.8, 4) is 0 Å². The van der Waals surface area contributed by atoms with Gasteiger partial charge in [-0.1, -0.05) is 39.8 Å². The van der Waals surface area contributed by atoms with Gasteiger partial charge in [-0.25, -0.2) is 0 Å². The molecule has 1 atom stereocenters. The van der Waals surface area contributed by atoms with E-state index in [0.29, 0.717) is 11.8 Å². The lowest BCUT2D eigenvalue weighted by Gasteiger charge is -2.31. The zero-order chi connectivity index (χ0) is 14.8. The summed E-state index contributed by atoms with van der Waals surface area (Å²) in [5.41, 5.74) is 1.90. The summed E-state index contributed by atoms with van der Waals surface area (Å²) in [6, 6.07) is 8.18. The molecule has 2 rings (SSSR count). The van der Waals surface area contributed by atoms with E-state index in [4.69, 9.17) is 0 Å². The van der Waals surface area contributed by atoms with Crippen LogP contribution >= 0.6 is 0 Å². The van der Waals surface area contributed by atoms with Gasteiger partial charge < -0.3 is 10.6 Å². The van der Waals surface area contributed by atoms with E-state index >= 15 is 0 Å². The highest BCUT2D eigenvalue weighted by Crippen LogP contribution is 2.35. The zero-order valence-corrected chi connectivity index (χ0v) is 13.0. The highest BCUT2D eigenvalue weighted by molar-refractivity contribution is 5.96. The van der Waals surface area contributed by atoms with E-state index in [1.807, 2.05) is 12.1 Å². The molecule has 0 radical (unpaired) electrons. The molecule has 0 spiro atoms. The Labute approximate surface area is 122 Å². The Bertz CT molecular complexity index is 474. The largest absolute Gasteiger partial charge is 0.326 e. The number of hydrogen-bond acceptors (Lipinski definition) is 2. The van der Waals surface area contributed by atoms with Crippen molar-refractivity contribution >= 4 is 11.6 Å². The Morgan fingerprint density at radius 2 is 2.05 bits per heavy atom. The predicted molar refractivity (Wildman–Crippen MR) is 83.9 cm³/mol. The van der Waals surface area contributed by atoms with E-state index < -0.39 is 0 Å². The van der Waals surface area contributed by atoms with Crippen molar-refractivity contribution < 1.29 is 4.79 Å². The van der Waals surface area contributed by atoms with Crippen LogP contribution in [-0.4, -0.2) is 19.0 Å². The average Bonchev–Trinajstić information content (AvgIpc) is 2.89. The predicted octanol–water partition coefficient (Wildman–Crippen LogP) is 3.38. The molecule has 2 N–H and O–H groups in total. The maximum absolute atomic E-state index is 12.7. The van der Waals surface area contributed by atoms with Crippen molar-refractivity contribution in [2.45, 2.75) is 40.0 Å². The summed E-state index contributed by atoms with van der Waals surface area (Å²) in [5, 5.41) is 6.45. The molecule has 0 saturated carbocycles. The first-order chi connectivity index (χ1) is 9.45. The van der Waals surface area contributed by atoms with Crippen LogP contribution in [0.2, 0.25) is 0 Å². The first kappa shape index (κ1) is 15.0. The minimum absolute atomic E-state index is 0.151. The Hall–Kier alpha value is -1.35. The molecule has 1 aliphatic heterocycles. The summed E-state index contributed by atoms with van der Waals surface area (Å²) < 4.78 is 0. The van der Waals surface area contributed by atoms with Gasteiger partial charge in [0.05, 0.1) is 5.41 Å². The third kappa shape index (κ3) is 2.88. The third-order valence-corrected chi connectivity index (χ3v) is 4.56. The highest BCUT2D eigenvalue weighted by atomic mass is 16.2. The molecule has 0 bridgehead atoms. The lowest BCUT2D eigenvalue weighted by Crippen LogP contribution is -2.42. The van der Waals surface area contributed by atoms with Crippen LogP contribution in [0.3, 0.4) is 0 Å². The molecule has 1 aromatic rings. The molecule has 1 amide bonds. The summed E-state index contributed by atoms with van der Waals surface area (Å²) >= 11 is 0. The van der Waals surface area contributed by atoms with Crippen LogP contribution in [0.5, 0.6) is 0 Å². The van der Waals surface area contributed by atoms with Crippen LogP contribution in [0.25, 0.3) is 0 Å². The molecule has 1 heterocycles. The van der Waals surface area contributed by atoms with Gasteiger partial charge in [0.15, 0.2) is 0 Å². The summed E-state index contributed by atoms with van der Waals surface area (Å²) in [7, 11) is 0. The number of anilines is 1. The highest BCUT2D eigenvalue weighted by Gasteiger charge is 2.43. The minimum Gasteiger partial charge on any atom is -0.326 e. The lowest BCUT2D eigenvalue weighted by atomic mass is 9.75. The SMILES string of the molecule is CC(C)c1cccc(NC(=O)C2(C(C)C)CCNC2)c1. The van der Waals surface area contributed by atoms with Gasteiger partial charge in [0.1, 0.15) is 0 Å². The van der Waals surface area contributed by atoms with Gasteiger partial charge in [-0.15, -0.1) is 0 Å². The van der Waals surface area contributed by atoms with E-state index in [0.717, 1.165) is 25.2 Å². The van der Waals surface area contributed by atoms with Gasteiger partial charge >= 0.3 is 0 Å². The Morgan fingerprint density at radius 1 is 1.30 bits per heavy atom. The molecule has 1 saturated heterocycles. The maximum Gasteiger partial charge on any atom is 0.232 e. The fraction of sp³-hybridized carbons (Fsp3) is 0.588. The molecule has 1 aromatic carbocycles. The number of hydrogen-bond donors (Lipinski definition) is 2. The zero-order valence-electron chi connectivity index (χ0n) is 13.0. The number of rotatable bonds is 4. The molecule has 1 aliphatic rings. The second-order valence-corrected chi connectivity index (χ2v) is 6.47. The fourth-order valence-electron chi connectivity index (χ4n) is 2.89. The van der Waals surface area contributed by atoms with Crippen LogP contribution in [0.15, 0.2) is 24.3 Å². The van der Waals surface area contributed by atoms with Gasteiger partial charge in [-0.2, -0.15) is 0 Å². The summed E-state index contributed by atoms with van der Waals surface area (Å²) in [6.45, 7) is 10.3. The third-order valence-electron chi connectivity index (χ3n) is 4.56. The number of nitrogens with one attached hydrogen (secondary N) is 2. The van der Waals surface area contributed by atoms with Crippen molar-refractivity contribution in [3.63, 3.8) is 0 Å².